The van der Waals surface area contributed by atoms with Crippen molar-refractivity contribution in [1.29, 1.82) is 0 Å². The number of aromatic nitrogens is 4. The van der Waals surface area contributed by atoms with Gasteiger partial charge in [0.1, 0.15) is 13.3 Å². The number of rotatable bonds is 3. The van der Waals surface area contributed by atoms with E-state index in [-0.39, 0.29) is 6.09 Å². The summed E-state index contributed by atoms with van der Waals surface area (Å²) in [5.74, 6) is 0.678. The van der Waals surface area contributed by atoms with Gasteiger partial charge < -0.3 is 4.74 Å². The van der Waals surface area contributed by atoms with Gasteiger partial charge in [-0.1, -0.05) is 6.92 Å². The molecule has 14 heavy (non-hydrogen) atoms. The predicted octanol–water partition coefficient (Wildman–Crippen LogP) is -0.355. The topological polar surface area (TPSA) is 73.1 Å². The fourth-order valence-electron chi connectivity index (χ4n) is 1.18. The lowest BCUT2D eigenvalue weighted by Gasteiger charge is -2.09. The lowest BCUT2D eigenvalue weighted by atomic mass is 10.5. The highest BCUT2D eigenvalue weighted by Gasteiger charge is 2.22. The fraction of sp³-hybridized carbons (Fsp3) is 0.714. The molecule has 0 radical (unpaired) electrons. The van der Waals surface area contributed by atoms with E-state index < -0.39 is 0 Å². The van der Waals surface area contributed by atoms with Crippen molar-refractivity contribution in [2.75, 3.05) is 13.2 Å². The Morgan fingerprint density at radius 1 is 1.57 bits per heavy atom. The summed E-state index contributed by atoms with van der Waals surface area (Å²) in [7, 11) is 0. The Morgan fingerprint density at radius 2 is 2.43 bits per heavy atom. The van der Waals surface area contributed by atoms with E-state index in [1.54, 1.807) is 0 Å². The number of hydrogen-bond donors (Lipinski definition) is 0. The van der Waals surface area contributed by atoms with Crippen LogP contribution in [0.4, 0.5) is 4.79 Å². The monoisotopic (exact) mass is 197 g/mol. The molecule has 0 atom stereocenters. The van der Waals surface area contributed by atoms with Gasteiger partial charge in [0.15, 0.2) is 5.82 Å². The van der Waals surface area contributed by atoms with Crippen LogP contribution in [0.1, 0.15) is 12.7 Å². The van der Waals surface area contributed by atoms with Crippen LogP contribution in [-0.4, -0.2) is 44.4 Å². The quantitative estimate of drug-likeness (QED) is 0.661. The van der Waals surface area contributed by atoms with Crippen molar-refractivity contribution in [2.24, 2.45) is 0 Å². The maximum Gasteiger partial charge on any atom is 0.411 e. The van der Waals surface area contributed by atoms with Gasteiger partial charge in [0.2, 0.25) is 0 Å². The first-order valence-electron chi connectivity index (χ1n) is 4.48. The number of carbonyl (C=O) groups is 1. The third-order valence-corrected chi connectivity index (χ3v) is 1.95. The maximum atomic E-state index is 11.1. The number of aryl methyl sites for hydroxylation is 1. The number of cyclic esters (lactones) is 1. The largest absolute Gasteiger partial charge is 0.447 e. The molecule has 76 valence electrons. The van der Waals surface area contributed by atoms with E-state index in [1.807, 2.05) is 6.92 Å². The molecule has 1 fully saturated rings. The summed E-state index contributed by atoms with van der Waals surface area (Å²) >= 11 is 0. The van der Waals surface area contributed by atoms with Crippen molar-refractivity contribution in [1.82, 2.24) is 25.1 Å². The molecule has 1 aromatic heterocycles. The zero-order valence-corrected chi connectivity index (χ0v) is 7.88. The van der Waals surface area contributed by atoms with Gasteiger partial charge >= 0.3 is 6.09 Å². The zero-order valence-electron chi connectivity index (χ0n) is 7.88. The van der Waals surface area contributed by atoms with Crippen molar-refractivity contribution in [3.8, 4) is 0 Å². The van der Waals surface area contributed by atoms with E-state index in [2.05, 4.69) is 15.4 Å². The average Bonchev–Trinajstić information content (AvgIpc) is 2.77. The number of nitrogens with zero attached hydrogens (tertiary/aromatic N) is 5. The predicted molar refractivity (Wildman–Crippen MR) is 45.2 cm³/mol. The van der Waals surface area contributed by atoms with Crippen molar-refractivity contribution in [3.63, 3.8) is 0 Å². The molecule has 1 amide bonds. The van der Waals surface area contributed by atoms with Gasteiger partial charge in [-0.3, -0.25) is 4.90 Å². The molecule has 0 aliphatic carbocycles. The molecular weight excluding hydrogens is 186 g/mol. The van der Waals surface area contributed by atoms with Crippen LogP contribution < -0.4 is 0 Å². The molecular formula is C7H11N5O2. The molecule has 0 bridgehead atoms. The summed E-state index contributed by atoms with van der Waals surface area (Å²) < 4.78 is 4.77. The van der Waals surface area contributed by atoms with Crippen molar-refractivity contribution >= 4 is 6.09 Å². The molecule has 0 saturated carbocycles. The van der Waals surface area contributed by atoms with E-state index in [0.717, 1.165) is 6.42 Å². The third-order valence-electron chi connectivity index (χ3n) is 1.95. The van der Waals surface area contributed by atoms with Gasteiger partial charge in [0, 0.05) is 6.42 Å². The maximum absolute atomic E-state index is 11.1. The van der Waals surface area contributed by atoms with E-state index in [4.69, 9.17) is 4.74 Å². The second-order valence-corrected chi connectivity index (χ2v) is 2.95. The Labute approximate surface area is 80.6 Å². The summed E-state index contributed by atoms with van der Waals surface area (Å²) in [5.41, 5.74) is 0. The van der Waals surface area contributed by atoms with Crippen LogP contribution in [-0.2, 0) is 17.8 Å². The first-order valence-corrected chi connectivity index (χ1v) is 4.48. The van der Waals surface area contributed by atoms with Crippen molar-refractivity contribution in [2.45, 2.75) is 20.0 Å². The highest BCUT2D eigenvalue weighted by molar-refractivity contribution is 5.68. The van der Waals surface area contributed by atoms with Crippen LogP contribution in [0.3, 0.4) is 0 Å². The number of hydrogen-bond acceptors (Lipinski definition) is 5. The SMILES string of the molecule is CCc1nnn(CN2CCOC2=O)n1. The highest BCUT2D eigenvalue weighted by Crippen LogP contribution is 2.03. The van der Waals surface area contributed by atoms with Crippen molar-refractivity contribution in [3.05, 3.63) is 5.82 Å². The number of ether oxygens (including phenoxy) is 1. The Hall–Kier alpha value is -1.66. The molecule has 1 saturated heterocycles. The molecule has 0 N–H and O–H groups in total. The average molecular weight is 197 g/mol. The molecule has 7 nitrogen and oxygen atoms in total. The Kier molecular flexibility index (Phi) is 2.30. The van der Waals surface area contributed by atoms with Crippen LogP contribution in [0.25, 0.3) is 0 Å². The molecule has 2 heterocycles. The van der Waals surface area contributed by atoms with Gasteiger partial charge in [-0.25, -0.2) is 4.79 Å². The minimum Gasteiger partial charge on any atom is -0.447 e. The number of amides is 1. The summed E-state index contributed by atoms with van der Waals surface area (Å²) in [6.07, 6.45) is 0.421. The Balaban J connectivity index is 1.99. The molecule has 0 unspecified atom stereocenters. The molecule has 1 aromatic rings. The molecule has 1 aliphatic heterocycles. The van der Waals surface area contributed by atoms with E-state index in [1.165, 1.54) is 9.70 Å². The number of tetrazole rings is 1. The first kappa shape index (κ1) is 8.92. The van der Waals surface area contributed by atoms with Gasteiger partial charge in [-0.05, 0) is 5.21 Å². The van der Waals surface area contributed by atoms with Crippen LogP contribution in [0.15, 0.2) is 0 Å². The lowest BCUT2D eigenvalue weighted by molar-refractivity contribution is 0.147. The van der Waals surface area contributed by atoms with Gasteiger partial charge in [0.25, 0.3) is 0 Å². The van der Waals surface area contributed by atoms with E-state index in [9.17, 15) is 4.79 Å². The molecule has 2 rings (SSSR count). The zero-order chi connectivity index (χ0) is 9.97. The summed E-state index contributed by atoms with van der Waals surface area (Å²) in [4.78, 5) is 14.0. The Morgan fingerprint density at radius 3 is 3.00 bits per heavy atom. The molecule has 0 aromatic carbocycles. The highest BCUT2D eigenvalue weighted by atomic mass is 16.6. The summed E-state index contributed by atoms with van der Waals surface area (Å²) in [5, 5.41) is 11.7. The lowest BCUT2D eigenvalue weighted by Crippen LogP contribution is -2.28. The summed E-state index contributed by atoms with van der Waals surface area (Å²) in [6.45, 7) is 3.29. The third kappa shape index (κ3) is 1.66. The number of carbonyl (C=O) groups excluding carboxylic acids is 1. The van der Waals surface area contributed by atoms with E-state index in [0.29, 0.717) is 25.6 Å². The van der Waals surface area contributed by atoms with Gasteiger partial charge in [0.05, 0.1) is 6.54 Å². The fourth-order valence-corrected chi connectivity index (χ4v) is 1.18. The van der Waals surface area contributed by atoms with Gasteiger partial charge in [-0.15, -0.1) is 15.0 Å². The summed E-state index contributed by atoms with van der Waals surface area (Å²) in [6, 6.07) is 0. The van der Waals surface area contributed by atoms with E-state index >= 15 is 0 Å². The molecule has 1 aliphatic rings. The van der Waals surface area contributed by atoms with Gasteiger partial charge in [-0.2, -0.15) is 0 Å². The minimum atomic E-state index is -0.319. The first-order chi connectivity index (χ1) is 6.79. The second kappa shape index (κ2) is 3.60. The minimum absolute atomic E-state index is 0.311. The smallest absolute Gasteiger partial charge is 0.411 e. The molecule has 0 spiro atoms. The van der Waals surface area contributed by atoms with Crippen LogP contribution in [0.2, 0.25) is 0 Å². The standard InChI is InChI=1S/C7H11N5O2/c1-2-6-8-10-12(9-6)5-11-3-4-14-7(11)13/h2-5H2,1H3. The second-order valence-electron chi connectivity index (χ2n) is 2.95. The Bertz CT molecular complexity index is 337. The normalized spacial score (nSPS) is 16.1. The van der Waals surface area contributed by atoms with Crippen molar-refractivity contribution < 1.29 is 9.53 Å². The van der Waals surface area contributed by atoms with Crippen LogP contribution in [0.5, 0.6) is 0 Å². The molecule has 7 heteroatoms. The van der Waals surface area contributed by atoms with Crippen LogP contribution in [0, 0.1) is 0 Å². The van der Waals surface area contributed by atoms with Crippen LogP contribution >= 0.6 is 0 Å².